The van der Waals surface area contributed by atoms with Crippen LogP contribution in [0.4, 0.5) is 5.69 Å². The Balaban J connectivity index is 0.00000192. The fourth-order valence-electron chi connectivity index (χ4n) is 2.46. The Morgan fingerprint density at radius 1 is 1.00 bits per heavy atom. The van der Waals surface area contributed by atoms with Gasteiger partial charge in [-0.15, -0.1) is 0 Å². The van der Waals surface area contributed by atoms with Crippen molar-refractivity contribution in [1.29, 1.82) is 0 Å². The van der Waals surface area contributed by atoms with E-state index in [1.54, 1.807) is 34.7 Å². The fraction of sp³-hybridized carbons (Fsp3) is 0. The summed E-state index contributed by atoms with van der Waals surface area (Å²) in [6.07, 6.45) is 0. The van der Waals surface area contributed by atoms with Crippen molar-refractivity contribution in [3.8, 4) is 0 Å². The van der Waals surface area contributed by atoms with Crippen LogP contribution in [-0.2, 0) is 10.1 Å². The summed E-state index contributed by atoms with van der Waals surface area (Å²) in [5.41, 5.74) is 5.43. The number of rotatable bonds is 1. The van der Waals surface area contributed by atoms with E-state index in [2.05, 4.69) is 0 Å². The molecule has 0 bridgehead atoms. The van der Waals surface area contributed by atoms with E-state index in [0.717, 1.165) is 6.07 Å². The van der Waals surface area contributed by atoms with Gasteiger partial charge in [-0.2, -0.15) is 0 Å². The second kappa shape index (κ2) is 6.26. The number of fused-ring (bicyclic) bond motifs is 2. The van der Waals surface area contributed by atoms with E-state index in [9.17, 15) is 22.6 Å². The smallest absolute Gasteiger partial charge is 0.744 e. The summed E-state index contributed by atoms with van der Waals surface area (Å²) in [5.74, 6) is -0.984. The van der Waals surface area contributed by atoms with Crippen molar-refractivity contribution in [3.63, 3.8) is 0 Å². The summed E-state index contributed by atoms with van der Waals surface area (Å²) < 4.78 is 34.1. The van der Waals surface area contributed by atoms with Crippen molar-refractivity contribution >= 4 is 50.0 Å². The third-order valence-corrected chi connectivity index (χ3v) is 5.15. The minimum Gasteiger partial charge on any atom is -0.744 e. The summed E-state index contributed by atoms with van der Waals surface area (Å²) in [7, 11) is -4.85. The number of hydrogen-bond acceptors (Lipinski definition) is 6. The summed E-state index contributed by atoms with van der Waals surface area (Å²) in [6, 6.07) is 7.22. The van der Waals surface area contributed by atoms with Gasteiger partial charge < -0.3 is 10.3 Å². The quantitative estimate of drug-likeness (QED) is 0.210. The monoisotopic (exact) mass is 451 g/mol. The first kappa shape index (κ1) is 18.6. The summed E-state index contributed by atoms with van der Waals surface area (Å²) in [6.45, 7) is 0. The van der Waals surface area contributed by atoms with Crippen molar-refractivity contribution in [1.82, 2.24) is 0 Å². The SMILES string of the molecule is Nc1c(S(=O)(=O)[O-])cc(I)c2c1C(=O)c1ccccc1C2=O.[Na+]. The second-order valence-electron chi connectivity index (χ2n) is 4.68. The molecule has 0 spiro atoms. The molecule has 0 saturated carbocycles. The molecule has 9 heteroatoms. The molecule has 0 atom stereocenters. The maximum Gasteiger partial charge on any atom is 1.00 e. The van der Waals surface area contributed by atoms with Crippen LogP contribution >= 0.6 is 22.6 Å². The Kier molecular flexibility index (Phi) is 5.05. The van der Waals surface area contributed by atoms with E-state index in [-0.39, 0.29) is 55.4 Å². The van der Waals surface area contributed by atoms with Crippen LogP contribution in [0.15, 0.2) is 35.2 Å². The maximum atomic E-state index is 12.6. The zero-order chi connectivity index (χ0) is 16.2. The van der Waals surface area contributed by atoms with Crippen LogP contribution in [0.1, 0.15) is 31.8 Å². The Labute approximate surface area is 167 Å². The molecule has 3 rings (SSSR count). The number of benzene rings is 2. The molecule has 0 fully saturated rings. The first-order chi connectivity index (χ1) is 10.2. The molecule has 112 valence electrons. The van der Waals surface area contributed by atoms with Crippen LogP contribution in [0.25, 0.3) is 0 Å². The van der Waals surface area contributed by atoms with E-state index >= 15 is 0 Å². The van der Waals surface area contributed by atoms with Crippen LogP contribution in [0, 0.1) is 3.57 Å². The Hall–Kier alpha value is -0.780. The van der Waals surface area contributed by atoms with Gasteiger partial charge in [0.25, 0.3) is 0 Å². The van der Waals surface area contributed by atoms with Crippen molar-refractivity contribution in [2.45, 2.75) is 4.90 Å². The maximum absolute atomic E-state index is 12.6. The van der Waals surface area contributed by atoms with Crippen molar-refractivity contribution in [3.05, 3.63) is 56.2 Å². The predicted molar refractivity (Wildman–Crippen MR) is 84.8 cm³/mol. The van der Waals surface area contributed by atoms with E-state index in [4.69, 9.17) is 5.73 Å². The molecule has 0 saturated heterocycles. The van der Waals surface area contributed by atoms with Crippen molar-refractivity contribution < 1.29 is 52.1 Å². The Morgan fingerprint density at radius 2 is 1.48 bits per heavy atom. The van der Waals surface area contributed by atoms with Crippen LogP contribution < -0.4 is 35.3 Å². The molecule has 1 aliphatic carbocycles. The number of nitrogens with two attached hydrogens (primary N) is 1. The normalized spacial score (nSPS) is 13.1. The van der Waals surface area contributed by atoms with Gasteiger partial charge in [0, 0.05) is 20.3 Å². The van der Waals surface area contributed by atoms with Gasteiger partial charge in [-0.25, -0.2) is 8.42 Å². The molecular formula is C14H7INNaO5S. The molecule has 0 aromatic heterocycles. The topological polar surface area (TPSA) is 117 Å². The minimum atomic E-state index is -4.85. The first-order valence-corrected chi connectivity index (χ1v) is 8.48. The van der Waals surface area contributed by atoms with E-state index in [1.807, 2.05) is 0 Å². The Morgan fingerprint density at radius 3 is 1.96 bits per heavy atom. The molecule has 1 aliphatic rings. The molecule has 23 heavy (non-hydrogen) atoms. The van der Waals surface area contributed by atoms with Crippen molar-refractivity contribution in [2.75, 3.05) is 5.73 Å². The van der Waals surface area contributed by atoms with Gasteiger partial charge >= 0.3 is 29.6 Å². The fourth-order valence-corrected chi connectivity index (χ4v) is 4.13. The van der Waals surface area contributed by atoms with Gasteiger partial charge in [0.15, 0.2) is 11.6 Å². The molecule has 0 amide bonds. The number of carbonyl (C=O) groups excluding carboxylic acids is 2. The average Bonchev–Trinajstić information content (AvgIpc) is 2.45. The molecular weight excluding hydrogens is 444 g/mol. The van der Waals surface area contributed by atoms with Crippen LogP contribution in [0.2, 0.25) is 0 Å². The standard InChI is InChI=1S/C14H8INO5S.Na/c15-8-5-9(22(19,20)21)12(16)11-10(8)13(17)6-3-1-2-4-7(6)14(11)18;/h1-5H,16H2,(H,19,20,21);/q;+1/p-1. The molecule has 2 aromatic carbocycles. The number of hydrogen-bond donors (Lipinski definition) is 1. The van der Waals surface area contributed by atoms with Gasteiger partial charge in [-0.3, -0.25) is 9.59 Å². The molecule has 0 aliphatic heterocycles. The number of anilines is 1. The van der Waals surface area contributed by atoms with Crippen LogP contribution in [-0.4, -0.2) is 24.5 Å². The number of carbonyl (C=O) groups is 2. The molecule has 6 nitrogen and oxygen atoms in total. The summed E-state index contributed by atoms with van der Waals surface area (Å²) >= 11 is 1.72. The Bertz CT molecular complexity index is 971. The van der Waals surface area contributed by atoms with E-state index in [1.165, 1.54) is 12.1 Å². The van der Waals surface area contributed by atoms with Crippen LogP contribution in [0.3, 0.4) is 0 Å². The summed E-state index contributed by atoms with van der Waals surface area (Å²) in [4.78, 5) is 24.4. The van der Waals surface area contributed by atoms with E-state index in [0.29, 0.717) is 0 Å². The molecule has 2 N–H and O–H groups in total. The van der Waals surface area contributed by atoms with Gasteiger partial charge in [-0.05, 0) is 28.7 Å². The average molecular weight is 451 g/mol. The van der Waals surface area contributed by atoms with Gasteiger partial charge in [-0.1, -0.05) is 24.3 Å². The van der Waals surface area contributed by atoms with Gasteiger partial charge in [0.1, 0.15) is 10.1 Å². The number of ketones is 2. The molecule has 0 heterocycles. The first-order valence-electron chi connectivity index (χ1n) is 5.99. The largest absolute Gasteiger partial charge is 1.00 e. The molecule has 0 radical (unpaired) electrons. The zero-order valence-electron chi connectivity index (χ0n) is 11.8. The third kappa shape index (κ3) is 2.87. The zero-order valence-corrected chi connectivity index (χ0v) is 16.8. The van der Waals surface area contributed by atoms with E-state index < -0.39 is 32.3 Å². The summed E-state index contributed by atoms with van der Waals surface area (Å²) in [5, 5.41) is 0. The van der Waals surface area contributed by atoms with Gasteiger partial charge in [0.2, 0.25) is 0 Å². The number of halogens is 1. The second-order valence-corrected chi connectivity index (χ2v) is 7.19. The van der Waals surface area contributed by atoms with Gasteiger partial charge in [0.05, 0.1) is 16.1 Å². The third-order valence-electron chi connectivity index (χ3n) is 3.42. The molecule has 0 unspecified atom stereocenters. The number of nitrogen functional groups attached to an aromatic ring is 1. The molecule has 2 aromatic rings. The predicted octanol–water partition coefficient (Wildman–Crippen LogP) is -1.44. The van der Waals surface area contributed by atoms with Crippen molar-refractivity contribution in [2.24, 2.45) is 0 Å². The minimum absolute atomic E-state index is 0. The van der Waals surface area contributed by atoms with Crippen LogP contribution in [0.5, 0.6) is 0 Å².